The number of aryl methyl sites for hydroxylation is 1. The molecular weight excluding hydrogens is 398 g/mol. The van der Waals surface area contributed by atoms with Gasteiger partial charge in [-0.3, -0.25) is 14.5 Å². The minimum absolute atomic E-state index is 0.113. The van der Waals surface area contributed by atoms with Crippen LogP contribution in [0.15, 0.2) is 24.5 Å². The fourth-order valence-electron chi connectivity index (χ4n) is 4.58. The molecule has 2 aliphatic rings. The summed E-state index contributed by atoms with van der Waals surface area (Å²) in [6.45, 7) is 1.50. The summed E-state index contributed by atoms with van der Waals surface area (Å²) in [5.74, 6) is 0.0498. The summed E-state index contributed by atoms with van der Waals surface area (Å²) in [4.78, 5) is 32.8. The second kappa shape index (κ2) is 7.75. The molecule has 0 aromatic carbocycles. The van der Waals surface area contributed by atoms with E-state index in [2.05, 4.69) is 20.0 Å². The molecule has 0 aliphatic heterocycles. The predicted molar refractivity (Wildman–Crippen MR) is 115 cm³/mol. The monoisotopic (exact) mass is 421 g/mol. The number of thiazole rings is 1. The van der Waals surface area contributed by atoms with Gasteiger partial charge in [-0.1, -0.05) is 11.3 Å². The Balaban J connectivity index is 1.62. The maximum absolute atomic E-state index is 11.5. The number of carbonyl (C=O) groups is 2. The van der Waals surface area contributed by atoms with Gasteiger partial charge in [-0.25, -0.2) is 4.98 Å². The first-order chi connectivity index (χ1) is 14.6. The topological polar surface area (TPSA) is 89.8 Å². The van der Waals surface area contributed by atoms with Crippen LogP contribution in [0, 0.1) is 5.92 Å². The smallest absolute Gasteiger partial charge is 0.223 e. The van der Waals surface area contributed by atoms with E-state index in [1.54, 1.807) is 6.20 Å². The Morgan fingerprint density at radius 3 is 2.80 bits per heavy atom. The van der Waals surface area contributed by atoms with Crippen LogP contribution >= 0.6 is 11.3 Å². The second-order valence-corrected chi connectivity index (χ2v) is 9.04. The molecule has 3 aromatic rings. The average molecular weight is 422 g/mol. The molecule has 154 valence electrons. The third-order valence-corrected chi connectivity index (χ3v) is 7.05. The average Bonchev–Trinajstić information content (AvgIpc) is 3.34. The number of hydrogen-bond acceptors (Lipinski definition) is 6. The Kier molecular flexibility index (Phi) is 4.94. The molecule has 5 rings (SSSR count). The molecular formula is C22H23N5O2S. The van der Waals surface area contributed by atoms with Gasteiger partial charge in [-0.2, -0.15) is 5.10 Å². The first kappa shape index (κ1) is 19.1. The minimum atomic E-state index is -0.113. The van der Waals surface area contributed by atoms with Gasteiger partial charge in [-0.05, 0) is 50.7 Å². The number of hydrogen-bond donors (Lipinski definition) is 1. The van der Waals surface area contributed by atoms with Crippen LogP contribution in [0.1, 0.15) is 49.9 Å². The fraction of sp³-hybridized carbons (Fsp3) is 0.409. The zero-order valence-corrected chi connectivity index (χ0v) is 17.6. The van der Waals surface area contributed by atoms with E-state index in [0.29, 0.717) is 5.13 Å². The number of rotatable bonds is 4. The number of aromatic nitrogens is 4. The van der Waals surface area contributed by atoms with Crippen LogP contribution in [0.25, 0.3) is 21.8 Å². The summed E-state index contributed by atoms with van der Waals surface area (Å²) in [6.07, 6.45) is 10.1. The molecule has 3 aromatic heterocycles. The van der Waals surface area contributed by atoms with Gasteiger partial charge in [0.05, 0.1) is 28.0 Å². The number of pyridine rings is 1. The van der Waals surface area contributed by atoms with Gasteiger partial charge in [0.2, 0.25) is 5.91 Å². The van der Waals surface area contributed by atoms with E-state index in [9.17, 15) is 9.59 Å². The van der Waals surface area contributed by atoms with E-state index < -0.39 is 0 Å². The van der Waals surface area contributed by atoms with E-state index in [4.69, 9.17) is 5.10 Å². The van der Waals surface area contributed by atoms with E-state index in [0.717, 1.165) is 72.3 Å². The van der Waals surface area contributed by atoms with Crippen molar-refractivity contribution in [2.75, 3.05) is 5.32 Å². The number of nitrogens with zero attached hydrogens (tertiary/aromatic N) is 4. The molecule has 0 saturated heterocycles. The largest absolute Gasteiger partial charge is 0.303 e. The fourth-order valence-corrected chi connectivity index (χ4v) is 5.70. The van der Waals surface area contributed by atoms with Crippen LogP contribution in [0.2, 0.25) is 0 Å². The molecule has 1 fully saturated rings. The van der Waals surface area contributed by atoms with Crippen LogP contribution < -0.4 is 5.32 Å². The van der Waals surface area contributed by atoms with Crippen LogP contribution in [0.4, 0.5) is 5.13 Å². The molecule has 2 aliphatic carbocycles. The van der Waals surface area contributed by atoms with Crippen molar-refractivity contribution in [3.05, 3.63) is 35.8 Å². The lowest BCUT2D eigenvalue weighted by molar-refractivity contribution is -0.114. The van der Waals surface area contributed by atoms with Crippen molar-refractivity contribution in [3.63, 3.8) is 0 Å². The van der Waals surface area contributed by atoms with E-state index in [1.165, 1.54) is 23.8 Å². The SMILES string of the molecule is CC(=O)Nc1nc2c(s1)-c1c(c(-c3cccnc3)nn1C1CCC(C=O)CC1)CC2. The van der Waals surface area contributed by atoms with Crippen molar-refractivity contribution < 1.29 is 9.59 Å². The molecule has 8 heteroatoms. The maximum Gasteiger partial charge on any atom is 0.223 e. The van der Waals surface area contributed by atoms with Crippen LogP contribution in [-0.4, -0.2) is 31.9 Å². The summed E-state index contributed by atoms with van der Waals surface area (Å²) < 4.78 is 2.17. The zero-order valence-electron chi connectivity index (χ0n) is 16.8. The first-order valence-electron chi connectivity index (χ1n) is 10.4. The lowest BCUT2D eigenvalue weighted by atomic mass is 9.86. The van der Waals surface area contributed by atoms with Gasteiger partial charge in [0.1, 0.15) is 6.29 Å². The number of aldehydes is 1. The quantitative estimate of drug-likeness (QED) is 0.642. The summed E-state index contributed by atoms with van der Waals surface area (Å²) in [5.41, 5.74) is 5.38. The highest BCUT2D eigenvalue weighted by Gasteiger charge is 2.33. The summed E-state index contributed by atoms with van der Waals surface area (Å²) in [6, 6.07) is 4.25. The molecule has 0 atom stereocenters. The Morgan fingerprint density at radius 2 is 2.10 bits per heavy atom. The summed E-state index contributed by atoms with van der Waals surface area (Å²) in [7, 11) is 0. The second-order valence-electron chi connectivity index (χ2n) is 8.04. The van der Waals surface area contributed by atoms with Gasteiger partial charge in [-0.15, -0.1) is 0 Å². The highest BCUT2D eigenvalue weighted by atomic mass is 32.1. The summed E-state index contributed by atoms with van der Waals surface area (Å²) >= 11 is 1.52. The van der Waals surface area contributed by atoms with Gasteiger partial charge < -0.3 is 10.1 Å². The standard InChI is InChI=1S/C22H23N5O2S/c1-13(29)24-22-25-18-9-8-17-19(15-3-2-10-23-11-15)26-27(20(17)21(18)30-22)16-6-4-14(12-28)5-7-16/h2-3,10-12,14,16H,4-9H2,1H3,(H,24,25,29). The van der Waals surface area contributed by atoms with Crippen molar-refractivity contribution >= 4 is 28.7 Å². The number of anilines is 1. The molecule has 7 nitrogen and oxygen atoms in total. The zero-order chi connectivity index (χ0) is 20.7. The van der Waals surface area contributed by atoms with Crippen molar-refractivity contribution in [1.82, 2.24) is 19.7 Å². The minimum Gasteiger partial charge on any atom is -0.303 e. The maximum atomic E-state index is 11.5. The molecule has 0 bridgehead atoms. The Morgan fingerprint density at radius 1 is 1.27 bits per heavy atom. The highest BCUT2D eigenvalue weighted by molar-refractivity contribution is 7.19. The highest BCUT2D eigenvalue weighted by Crippen LogP contribution is 2.45. The molecule has 0 unspecified atom stereocenters. The van der Waals surface area contributed by atoms with Crippen molar-refractivity contribution in [2.45, 2.75) is 51.5 Å². The molecule has 1 N–H and O–H groups in total. The molecule has 1 saturated carbocycles. The van der Waals surface area contributed by atoms with Crippen LogP contribution in [0.3, 0.4) is 0 Å². The molecule has 1 amide bonds. The third-order valence-electron chi connectivity index (χ3n) is 6.03. The van der Waals surface area contributed by atoms with Crippen molar-refractivity contribution in [1.29, 1.82) is 0 Å². The lowest BCUT2D eigenvalue weighted by Crippen LogP contribution is -2.21. The van der Waals surface area contributed by atoms with Gasteiger partial charge in [0.15, 0.2) is 5.13 Å². The van der Waals surface area contributed by atoms with Gasteiger partial charge in [0.25, 0.3) is 0 Å². The normalized spacial score (nSPS) is 20.3. The number of nitrogens with one attached hydrogen (secondary N) is 1. The lowest BCUT2D eigenvalue weighted by Gasteiger charge is -2.27. The Hall–Kier alpha value is -2.87. The Bertz CT molecular complexity index is 1100. The molecule has 30 heavy (non-hydrogen) atoms. The van der Waals surface area contributed by atoms with E-state index in [1.807, 2.05) is 18.3 Å². The number of amides is 1. The van der Waals surface area contributed by atoms with Crippen molar-refractivity contribution in [3.8, 4) is 21.8 Å². The molecule has 0 radical (unpaired) electrons. The summed E-state index contributed by atoms with van der Waals surface area (Å²) in [5, 5.41) is 8.56. The predicted octanol–water partition coefficient (Wildman–Crippen LogP) is 4.06. The van der Waals surface area contributed by atoms with Crippen LogP contribution in [-0.2, 0) is 22.4 Å². The molecule has 0 spiro atoms. The molecule has 3 heterocycles. The van der Waals surface area contributed by atoms with Crippen molar-refractivity contribution in [2.24, 2.45) is 5.92 Å². The Labute approximate surface area is 178 Å². The third kappa shape index (κ3) is 3.35. The van der Waals surface area contributed by atoms with Gasteiger partial charge in [0, 0.05) is 36.4 Å². The van der Waals surface area contributed by atoms with E-state index in [-0.39, 0.29) is 17.9 Å². The van der Waals surface area contributed by atoms with E-state index >= 15 is 0 Å². The van der Waals surface area contributed by atoms with Gasteiger partial charge >= 0.3 is 0 Å². The number of fused-ring (bicyclic) bond motifs is 3. The first-order valence-corrected chi connectivity index (χ1v) is 11.2. The number of carbonyl (C=O) groups excluding carboxylic acids is 2. The van der Waals surface area contributed by atoms with Crippen LogP contribution in [0.5, 0.6) is 0 Å².